The highest BCUT2D eigenvalue weighted by atomic mass is 79.9. The summed E-state index contributed by atoms with van der Waals surface area (Å²) in [7, 11) is 0. The van der Waals surface area contributed by atoms with Crippen LogP contribution in [-0.4, -0.2) is 26.1 Å². The van der Waals surface area contributed by atoms with Crippen molar-refractivity contribution in [2.45, 2.75) is 46.8 Å². The molecule has 0 bridgehead atoms. The number of aromatic nitrogens is 4. The lowest BCUT2D eigenvalue weighted by Gasteiger charge is -2.07. The number of rotatable bonds is 7. The van der Waals surface area contributed by atoms with Crippen LogP contribution in [0.4, 0.5) is 0 Å². The molecule has 0 aromatic carbocycles. The van der Waals surface area contributed by atoms with Crippen molar-refractivity contribution >= 4 is 15.9 Å². The average Bonchev–Trinajstić information content (AvgIpc) is 2.99. The number of aryl methyl sites for hydroxylation is 3. The van der Waals surface area contributed by atoms with Crippen molar-refractivity contribution in [3.05, 3.63) is 33.8 Å². The van der Waals surface area contributed by atoms with Gasteiger partial charge in [-0.25, -0.2) is 0 Å². The van der Waals surface area contributed by atoms with Crippen LogP contribution < -0.4 is 5.32 Å². The van der Waals surface area contributed by atoms with Crippen molar-refractivity contribution in [2.75, 3.05) is 6.54 Å². The van der Waals surface area contributed by atoms with Gasteiger partial charge in [0, 0.05) is 25.8 Å². The minimum Gasteiger partial charge on any atom is -0.309 e. The molecule has 2 rings (SSSR count). The Hall–Kier alpha value is -1.14. The molecule has 0 aliphatic heterocycles. The fraction of sp³-hybridized carbons (Fsp3) is 0.571. The second-order valence-electron chi connectivity index (χ2n) is 4.83. The van der Waals surface area contributed by atoms with Gasteiger partial charge in [0.1, 0.15) is 0 Å². The Kier molecular flexibility index (Phi) is 5.37. The molecule has 20 heavy (non-hydrogen) atoms. The Morgan fingerprint density at radius 2 is 2.15 bits per heavy atom. The van der Waals surface area contributed by atoms with E-state index in [4.69, 9.17) is 0 Å². The van der Waals surface area contributed by atoms with Crippen LogP contribution in [0.3, 0.4) is 0 Å². The Bertz CT molecular complexity index is 558. The first kappa shape index (κ1) is 15.3. The highest BCUT2D eigenvalue weighted by molar-refractivity contribution is 9.10. The summed E-state index contributed by atoms with van der Waals surface area (Å²) in [6, 6.07) is 0. The van der Waals surface area contributed by atoms with Crippen LogP contribution in [0.5, 0.6) is 0 Å². The summed E-state index contributed by atoms with van der Waals surface area (Å²) in [4.78, 5) is 0. The van der Waals surface area contributed by atoms with Crippen LogP contribution in [-0.2, 0) is 26.1 Å². The van der Waals surface area contributed by atoms with Gasteiger partial charge in [-0.05, 0) is 41.8 Å². The summed E-state index contributed by atoms with van der Waals surface area (Å²) >= 11 is 3.66. The van der Waals surface area contributed by atoms with E-state index in [1.165, 1.54) is 11.3 Å². The summed E-state index contributed by atoms with van der Waals surface area (Å²) in [6.45, 7) is 9.80. The van der Waals surface area contributed by atoms with Crippen molar-refractivity contribution in [2.24, 2.45) is 0 Å². The van der Waals surface area contributed by atoms with Gasteiger partial charge in [0.25, 0.3) is 0 Å². The summed E-state index contributed by atoms with van der Waals surface area (Å²) in [5, 5.41) is 12.3. The van der Waals surface area contributed by atoms with Gasteiger partial charge in [-0.15, -0.1) is 0 Å². The molecule has 0 saturated carbocycles. The highest BCUT2D eigenvalue weighted by Crippen LogP contribution is 2.22. The monoisotopic (exact) mass is 339 g/mol. The van der Waals surface area contributed by atoms with Crippen molar-refractivity contribution in [1.82, 2.24) is 24.9 Å². The number of hydrogen-bond acceptors (Lipinski definition) is 3. The molecule has 0 saturated heterocycles. The van der Waals surface area contributed by atoms with Gasteiger partial charge < -0.3 is 5.32 Å². The van der Waals surface area contributed by atoms with Gasteiger partial charge in [-0.3, -0.25) is 9.36 Å². The standard InChI is InChI=1S/C14H22BrN5/c1-4-12-14(15)13(20(5-2)18-12)9-16-6-7-19-10-11(3)8-17-19/h8,10,16H,4-7,9H2,1-3H3. The minimum atomic E-state index is 0.821. The van der Waals surface area contributed by atoms with Gasteiger partial charge in [0.15, 0.2) is 0 Å². The van der Waals surface area contributed by atoms with Crippen LogP contribution in [0.15, 0.2) is 16.9 Å². The molecule has 6 heteroatoms. The van der Waals surface area contributed by atoms with E-state index >= 15 is 0 Å². The number of halogens is 1. The van der Waals surface area contributed by atoms with Gasteiger partial charge in [0.05, 0.1) is 28.6 Å². The van der Waals surface area contributed by atoms with Gasteiger partial charge in [-0.2, -0.15) is 10.2 Å². The number of nitrogens with zero attached hydrogens (tertiary/aromatic N) is 4. The Labute approximate surface area is 128 Å². The Balaban J connectivity index is 1.89. The largest absolute Gasteiger partial charge is 0.309 e. The molecule has 1 N–H and O–H groups in total. The van der Waals surface area contributed by atoms with E-state index in [0.29, 0.717) is 0 Å². The van der Waals surface area contributed by atoms with Crippen molar-refractivity contribution in [3.8, 4) is 0 Å². The highest BCUT2D eigenvalue weighted by Gasteiger charge is 2.12. The zero-order chi connectivity index (χ0) is 14.5. The zero-order valence-electron chi connectivity index (χ0n) is 12.4. The smallest absolute Gasteiger partial charge is 0.0767 e. The van der Waals surface area contributed by atoms with Gasteiger partial charge >= 0.3 is 0 Å². The van der Waals surface area contributed by atoms with E-state index in [2.05, 4.69) is 63.1 Å². The van der Waals surface area contributed by atoms with Crippen molar-refractivity contribution in [3.63, 3.8) is 0 Å². The number of nitrogens with one attached hydrogen (secondary N) is 1. The predicted molar refractivity (Wildman–Crippen MR) is 83.6 cm³/mol. The van der Waals surface area contributed by atoms with Crippen LogP contribution in [0.25, 0.3) is 0 Å². The van der Waals surface area contributed by atoms with E-state index in [1.807, 2.05) is 10.9 Å². The van der Waals surface area contributed by atoms with Crippen LogP contribution >= 0.6 is 15.9 Å². The molecule has 0 unspecified atom stereocenters. The molecule has 0 amide bonds. The fourth-order valence-corrected chi connectivity index (χ4v) is 2.88. The van der Waals surface area contributed by atoms with E-state index in [9.17, 15) is 0 Å². The molecule has 0 atom stereocenters. The maximum absolute atomic E-state index is 4.60. The molecule has 110 valence electrons. The molecule has 0 aliphatic carbocycles. The topological polar surface area (TPSA) is 47.7 Å². The minimum absolute atomic E-state index is 0.821. The fourth-order valence-electron chi connectivity index (χ4n) is 2.18. The first-order valence-corrected chi connectivity index (χ1v) is 7.88. The quantitative estimate of drug-likeness (QED) is 0.788. The van der Waals surface area contributed by atoms with Crippen molar-refractivity contribution in [1.29, 1.82) is 0 Å². The SMILES string of the molecule is CCc1nn(CC)c(CNCCn2cc(C)cn2)c1Br. The summed E-state index contributed by atoms with van der Waals surface area (Å²) in [6.07, 6.45) is 4.90. The molecular formula is C14H22BrN5. The molecule has 0 spiro atoms. The maximum Gasteiger partial charge on any atom is 0.0767 e. The van der Waals surface area contributed by atoms with Crippen LogP contribution in [0, 0.1) is 6.92 Å². The molecule has 0 radical (unpaired) electrons. The van der Waals surface area contributed by atoms with E-state index in [-0.39, 0.29) is 0 Å². The van der Waals surface area contributed by atoms with Crippen LogP contribution in [0.1, 0.15) is 30.8 Å². The summed E-state index contributed by atoms with van der Waals surface area (Å²) in [5.41, 5.74) is 3.55. The first-order valence-electron chi connectivity index (χ1n) is 7.09. The Morgan fingerprint density at radius 1 is 1.35 bits per heavy atom. The number of hydrogen-bond donors (Lipinski definition) is 1. The van der Waals surface area contributed by atoms with Gasteiger partial charge in [0.2, 0.25) is 0 Å². The third kappa shape index (κ3) is 3.49. The summed E-state index contributed by atoms with van der Waals surface area (Å²) in [5.74, 6) is 0. The van der Waals surface area contributed by atoms with Crippen LogP contribution in [0.2, 0.25) is 0 Å². The van der Waals surface area contributed by atoms with Gasteiger partial charge in [-0.1, -0.05) is 6.92 Å². The molecular weight excluding hydrogens is 318 g/mol. The van der Waals surface area contributed by atoms with E-state index in [1.54, 1.807) is 0 Å². The van der Waals surface area contributed by atoms with E-state index < -0.39 is 0 Å². The van der Waals surface area contributed by atoms with E-state index in [0.717, 1.165) is 42.8 Å². The molecule has 5 nitrogen and oxygen atoms in total. The lowest BCUT2D eigenvalue weighted by molar-refractivity contribution is 0.530. The molecule has 2 aromatic heterocycles. The molecule has 0 aliphatic rings. The summed E-state index contributed by atoms with van der Waals surface area (Å²) < 4.78 is 5.17. The second-order valence-corrected chi connectivity index (χ2v) is 5.63. The molecule has 2 heterocycles. The first-order chi connectivity index (χ1) is 9.65. The normalized spacial score (nSPS) is 11.2. The predicted octanol–water partition coefficient (Wildman–Crippen LogP) is 2.52. The Morgan fingerprint density at radius 3 is 2.75 bits per heavy atom. The van der Waals surface area contributed by atoms with Crippen molar-refractivity contribution < 1.29 is 0 Å². The lowest BCUT2D eigenvalue weighted by atomic mass is 10.3. The molecule has 2 aromatic rings. The zero-order valence-corrected chi connectivity index (χ0v) is 13.9. The average molecular weight is 340 g/mol. The third-order valence-corrected chi connectivity index (χ3v) is 4.18. The molecule has 0 fully saturated rings. The second kappa shape index (κ2) is 7.04. The third-order valence-electron chi connectivity index (χ3n) is 3.27. The lowest BCUT2D eigenvalue weighted by Crippen LogP contribution is -2.21. The maximum atomic E-state index is 4.60.